The third kappa shape index (κ3) is 1.72. The molecule has 0 fully saturated rings. The molecule has 15 heavy (non-hydrogen) atoms. The zero-order valence-corrected chi connectivity index (χ0v) is 10.1. The van der Waals surface area contributed by atoms with Gasteiger partial charge in [-0.2, -0.15) is 0 Å². The summed E-state index contributed by atoms with van der Waals surface area (Å²) in [5, 5.41) is 0. The van der Waals surface area contributed by atoms with Crippen LogP contribution < -0.4 is 10.5 Å². The maximum Gasteiger partial charge on any atom is 0.160 e. The average Bonchev–Trinajstić information content (AvgIpc) is 2.61. The van der Waals surface area contributed by atoms with Gasteiger partial charge in [-0.05, 0) is 35.0 Å². The molecule has 2 aromatic rings. The lowest BCUT2D eigenvalue weighted by Gasteiger charge is -2.02. The van der Waals surface area contributed by atoms with E-state index in [1.165, 1.54) is 0 Å². The molecular weight excluding hydrogens is 258 g/mol. The number of nitrogens with one attached hydrogen (secondary N) is 1. The van der Waals surface area contributed by atoms with E-state index in [2.05, 4.69) is 25.9 Å². The molecule has 1 heterocycles. The maximum absolute atomic E-state index is 5.76. The van der Waals surface area contributed by atoms with E-state index < -0.39 is 0 Å². The molecule has 1 aromatic carbocycles. The van der Waals surface area contributed by atoms with Crippen molar-refractivity contribution in [3.8, 4) is 5.75 Å². The van der Waals surface area contributed by atoms with Gasteiger partial charge >= 0.3 is 0 Å². The fourth-order valence-corrected chi connectivity index (χ4v) is 1.94. The van der Waals surface area contributed by atoms with Crippen LogP contribution in [0.4, 0.5) is 0 Å². The van der Waals surface area contributed by atoms with Crippen LogP contribution in [0.5, 0.6) is 5.75 Å². The number of rotatable bonds is 2. The molecule has 1 atom stereocenters. The molecule has 0 bridgehead atoms. The highest BCUT2D eigenvalue weighted by Gasteiger charge is 2.12. The van der Waals surface area contributed by atoms with E-state index in [4.69, 9.17) is 10.5 Å². The van der Waals surface area contributed by atoms with Gasteiger partial charge in [-0.3, -0.25) is 0 Å². The summed E-state index contributed by atoms with van der Waals surface area (Å²) in [6.45, 7) is 1.89. The number of hydrogen-bond donors (Lipinski definition) is 2. The Kier molecular flexibility index (Phi) is 2.67. The summed E-state index contributed by atoms with van der Waals surface area (Å²) in [6, 6.07) is 3.76. The SMILES string of the molecule is COc1c(Br)ccc2[nH]c(C(C)N)nc12. The molecule has 0 aliphatic rings. The van der Waals surface area contributed by atoms with Crippen molar-refractivity contribution in [1.29, 1.82) is 0 Å². The van der Waals surface area contributed by atoms with Gasteiger partial charge in [0.1, 0.15) is 11.3 Å². The van der Waals surface area contributed by atoms with Gasteiger partial charge in [0, 0.05) is 0 Å². The van der Waals surface area contributed by atoms with Crippen LogP contribution in [0.15, 0.2) is 16.6 Å². The predicted octanol–water partition coefficient (Wildman–Crippen LogP) is 2.35. The minimum Gasteiger partial charge on any atom is -0.493 e. The predicted molar refractivity (Wildman–Crippen MR) is 62.9 cm³/mol. The highest BCUT2D eigenvalue weighted by atomic mass is 79.9. The number of ether oxygens (including phenoxy) is 1. The number of imidazole rings is 1. The number of halogens is 1. The highest BCUT2D eigenvalue weighted by Crippen LogP contribution is 2.32. The van der Waals surface area contributed by atoms with Crippen molar-refractivity contribution < 1.29 is 4.74 Å². The zero-order chi connectivity index (χ0) is 11.0. The van der Waals surface area contributed by atoms with Crippen LogP contribution in [0.1, 0.15) is 18.8 Å². The number of H-pyrrole nitrogens is 1. The van der Waals surface area contributed by atoms with Crippen LogP contribution in [-0.4, -0.2) is 17.1 Å². The fourth-order valence-electron chi connectivity index (χ4n) is 1.45. The van der Waals surface area contributed by atoms with Crippen LogP contribution in [-0.2, 0) is 0 Å². The first kappa shape index (κ1) is 10.4. The van der Waals surface area contributed by atoms with E-state index in [1.807, 2.05) is 19.1 Å². The summed E-state index contributed by atoms with van der Waals surface area (Å²) in [7, 11) is 1.62. The first-order valence-electron chi connectivity index (χ1n) is 4.61. The van der Waals surface area contributed by atoms with Gasteiger partial charge in [-0.25, -0.2) is 4.98 Å². The van der Waals surface area contributed by atoms with Crippen LogP contribution in [0.25, 0.3) is 11.0 Å². The zero-order valence-electron chi connectivity index (χ0n) is 8.54. The number of aromatic amines is 1. The standard InChI is InChI=1S/C10H12BrN3O/c1-5(12)10-13-7-4-3-6(11)9(15-2)8(7)14-10/h3-5H,12H2,1-2H3,(H,13,14). The van der Waals surface area contributed by atoms with Crippen molar-refractivity contribution in [2.24, 2.45) is 5.73 Å². The van der Waals surface area contributed by atoms with E-state index >= 15 is 0 Å². The van der Waals surface area contributed by atoms with Crippen molar-refractivity contribution >= 4 is 27.0 Å². The Morgan fingerprint density at radius 3 is 2.87 bits per heavy atom. The van der Waals surface area contributed by atoms with Crippen molar-refractivity contribution in [3.05, 3.63) is 22.4 Å². The summed E-state index contributed by atoms with van der Waals surface area (Å²) in [6.07, 6.45) is 0. The van der Waals surface area contributed by atoms with Crippen LogP contribution >= 0.6 is 15.9 Å². The Morgan fingerprint density at radius 1 is 1.53 bits per heavy atom. The molecule has 3 N–H and O–H groups in total. The van der Waals surface area contributed by atoms with E-state index in [1.54, 1.807) is 7.11 Å². The first-order valence-corrected chi connectivity index (χ1v) is 5.40. The summed E-state index contributed by atoms with van der Waals surface area (Å²) in [4.78, 5) is 7.57. The van der Waals surface area contributed by atoms with Crippen molar-refractivity contribution in [1.82, 2.24) is 9.97 Å². The van der Waals surface area contributed by atoms with Gasteiger partial charge in [0.2, 0.25) is 0 Å². The fraction of sp³-hybridized carbons (Fsp3) is 0.300. The van der Waals surface area contributed by atoms with Gasteiger partial charge in [0.25, 0.3) is 0 Å². The van der Waals surface area contributed by atoms with Crippen molar-refractivity contribution in [3.63, 3.8) is 0 Å². The molecule has 0 amide bonds. The molecule has 0 spiro atoms. The quantitative estimate of drug-likeness (QED) is 0.880. The molecule has 0 aliphatic carbocycles. The van der Waals surface area contributed by atoms with Gasteiger partial charge in [0.15, 0.2) is 5.75 Å². The summed E-state index contributed by atoms with van der Waals surface area (Å²) in [5.41, 5.74) is 7.50. The Hall–Kier alpha value is -1.07. The Labute approximate surface area is 96.0 Å². The van der Waals surface area contributed by atoms with Gasteiger partial charge in [-0.15, -0.1) is 0 Å². The molecule has 1 unspecified atom stereocenters. The van der Waals surface area contributed by atoms with E-state index in [0.29, 0.717) is 0 Å². The normalized spacial score (nSPS) is 13.1. The summed E-state index contributed by atoms with van der Waals surface area (Å²) >= 11 is 3.41. The molecule has 0 radical (unpaired) electrons. The minimum absolute atomic E-state index is 0.110. The maximum atomic E-state index is 5.76. The summed E-state index contributed by atoms with van der Waals surface area (Å²) in [5.74, 6) is 1.50. The summed E-state index contributed by atoms with van der Waals surface area (Å²) < 4.78 is 6.17. The van der Waals surface area contributed by atoms with Crippen LogP contribution in [0.2, 0.25) is 0 Å². The molecule has 1 aromatic heterocycles. The number of nitrogens with two attached hydrogens (primary N) is 1. The molecular formula is C10H12BrN3O. The molecule has 5 heteroatoms. The van der Waals surface area contributed by atoms with Crippen LogP contribution in [0.3, 0.4) is 0 Å². The molecule has 2 rings (SSSR count). The first-order chi connectivity index (χ1) is 7.13. The molecule has 80 valence electrons. The Balaban J connectivity index is 2.70. The number of benzene rings is 1. The van der Waals surface area contributed by atoms with Crippen LogP contribution in [0, 0.1) is 0 Å². The van der Waals surface area contributed by atoms with E-state index in [9.17, 15) is 0 Å². The second-order valence-electron chi connectivity index (χ2n) is 3.39. The van der Waals surface area contributed by atoms with Gasteiger partial charge in [0.05, 0.1) is 23.1 Å². The lowest BCUT2D eigenvalue weighted by molar-refractivity contribution is 0.416. The molecule has 0 saturated carbocycles. The number of fused-ring (bicyclic) bond motifs is 1. The van der Waals surface area contributed by atoms with E-state index in [0.717, 1.165) is 27.1 Å². The number of aromatic nitrogens is 2. The lowest BCUT2D eigenvalue weighted by atomic mass is 10.3. The Bertz CT molecular complexity index is 493. The van der Waals surface area contributed by atoms with Gasteiger partial charge in [-0.1, -0.05) is 0 Å². The largest absolute Gasteiger partial charge is 0.493 e. The van der Waals surface area contributed by atoms with E-state index in [-0.39, 0.29) is 6.04 Å². The Morgan fingerprint density at radius 2 is 2.27 bits per heavy atom. The minimum atomic E-state index is -0.110. The number of hydrogen-bond acceptors (Lipinski definition) is 3. The molecule has 0 saturated heterocycles. The smallest absolute Gasteiger partial charge is 0.160 e. The number of nitrogens with zero attached hydrogens (tertiary/aromatic N) is 1. The topological polar surface area (TPSA) is 63.9 Å². The lowest BCUT2D eigenvalue weighted by Crippen LogP contribution is -2.06. The van der Waals surface area contributed by atoms with Crippen molar-refractivity contribution in [2.75, 3.05) is 7.11 Å². The third-order valence-corrected chi connectivity index (χ3v) is 2.84. The second-order valence-corrected chi connectivity index (χ2v) is 4.24. The molecule has 0 aliphatic heterocycles. The number of methoxy groups -OCH3 is 1. The second kappa shape index (κ2) is 3.83. The molecule has 4 nitrogen and oxygen atoms in total. The highest BCUT2D eigenvalue weighted by molar-refractivity contribution is 9.10. The average molecular weight is 270 g/mol. The van der Waals surface area contributed by atoms with Gasteiger partial charge < -0.3 is 15.5 Å². The van der Waals surface area contributed by atoms with Crippen molar-refractivity contribution in [2.45, 2.75) is 13.0 Å². The third-order valence-electron chi connectivity index (χ3n) is 2.21. The monoisotopic (exact) mass is 269 g/mol.